The molecule has 9 nitrogen and oxygen atoms in total. The van der Waals surface area contributed by atoms with E-state index in [4.69, 9.17) is 14.7 Å². The Hall–Kier alpha value is -2.19. The van der Waals surface area contributed by atoms with Crippen LogP contribution in [-0.2, 0) is 19.5 Å². The van der Waals surface area contributed by atoms with E-state index in [1.54, 1.807) is 4.90 Å². The molecule has 2 atom stereocenters. The minimum atomic E-state index is -3.63. The Balaban J connectivity index is 1.48. The second-order valence-corrected chi connectivity index (χ2v) is 10.3. The predicted molar refractivity (Wildman–Crippen MR) is 109 cm³/mol. The van der Waals surface area contributed by atoms with Gasteiger partial charge in [0.2, 0.25) is 10.0 Å². The zero-order chi connectivity index (χ0) is 21.9. The summed E-state index contributed by atoms with van der Waals surface area (Å²) in [5.74, 6) is 0. The van der Waals surface area contributed by atoms with Crippen molar-refractivity contribution in [1.29, 1.82) is 5.26 Å². The van der Waals surface area contributed by atoms with Crippen molar-refractivity contribution in [2.24, 2.45) is 0 Å². The summed E-state index contributed by atoms with van der Waals surface area (Å²) in [6.07, 6.45) is -0.579. The van der Waals surface area contributed by atoms with Gasteiger partial charge < -0.3 is 14.4 Å². The fourth-order valence-corrected chi connectivity index (χ4v) is 4.59. The smallest absolute Gasteiger partial charge is 0.410 e. The predicted octanol–water partition coefficient (Wildman–Crippen LogP) is 1.16. The number of carbonyl (C=O) groups excluding carboxylic acids is 1. The molecule has 1 aromatic carbocycles. The normalized spacial score (nSPS) is 22.4. The number of rotatable bonds is 5. The van der Waals surface area contributed by atoms with Gasteiger partial charge in [0.15, 0.2) is 0 Å². The molecule has 2 bridgehead atoms. The number of sulfonamides is 1. The highest BCUT2D eigenvalue weighted by atomic mass is 32.2. The number of carbonyl (C=O) groups is 1. The van der Waals surface area contributed by atoms with E-state index in [0.717, 1.165) is 0 Å². The van der Waals surface area contributed by atoms with Gasteiger partial charge in [0.05, 0.1) is 41.8 Å². The van der Waals surface area contributed by atoms with Gasteiger partial charge in [-0.25, -0.2) is 17.9 Å². The fraction of sp³-hybridized carbons (Fsp3) is 0.600. The molecule has 2 heterocycles. The third-order valence-electron chi connectivity index (χ3n) is 4.82. The van der Waals surface area contributed by atoms with E-state index in [2.05, 4.69) is 9.62 Å². The second kappa shape index (κ2) is 8.89. The van der Waals surface area contributed by atoms with Gasteiger partial charge in [-0.15, -0.1) is 0 Å². The summed E-state index contributed by atoms with van der Waals surface area (Å²) < 4.78 is 38.8. The molecule has 1 aromatic rings. The molecule has 2 fully saturated rings. The molecule has 1 N–H and O–H groups in total. The molecule has 30 heavy (non-hydrogen) atoms. The van der Waals surface area contributed by atoms with Crippen LogP contribution in [0.25, 0.3) is 0 Å². The topological polar surface area (TPSA) is 112 Å². The van der Waals surface area contributed by atoms with Crippen molar-refractivity contribution in [3.8, 4) is 6.07 Å². The molecule has 1 amide bonds. The zero-order valence-corrected chi connectivity index (χ0v) is 18.3. The maximum atomic E-state index is 12.4. The maximum Gasteiger partial charge on any atom is 0.410 e. The van der Waals surface area contributed by atoms with Gasteiger partial charge in [0.25, 0.3) is 0 Å². The Morgan fingerprint density at radius 1 is 1.20 bits per heavy atom. The first-order valence-corrected chi connectivity index (χ1v) is 11.4. The number of amides is 1. The SMILES string of the molecule is CC(C)(C)OC(=O)N1CC2CN(CCNS(=O)(=O)c3ccc(C#N)cc3)CC(C1)O2. The summed E-state index contributed by atoms with van der Waals surface area (Å²) in [5, 5.41) is 8.82. The lowest BCUT2D eigenvalue weighted by Gasteiger charge is -2.45. The van der Waals surface area contributed by atoms with Crippen LogP contribution < -0.4 is 4.72 Å². The van der Waals surface area contributed by atoms with Crippen molar-refractivity contribution in [2.45, 2.75) is 43.5 Å². The summed E-state index contributed by atoms with van der Waals surface area (Å²) in [7, 11) is -3.63. The lowest BCUT2D eigenvalue weighted by Crippen LogP contribution is -2.61. The van der Waals surface area contributed by atoms with Crippen molar-refractivity contribution in [1.82, 2.24) is 14.5 Å². The molecule has 3 rings (SSSR count). The van der Waals surface area contributed by atoms with Crippen LogP contribution in [0.3, 0.4) is 0 Å². The summed E-state index contributed by atoms with van der Waals surface area (Å²) in [6, 6.07) is 7.77. The molecule has 2 unspecified atom stereocenters. The summed E-state index contributed by atoms with van der Waals surface area (Å²) in [4.78, 5) is 16.3. The summed E-state index contributed by atoms with van der Waals surface area (Å²) in [5.41, 5.74) is -0.128. The molecule has 2 aliphatic heterocycles. The number of fused-ring (bicyclic) bond motifs is 2. The maximum absolute atomic E-state index is 12.4. The number of nitriles is 1. The Bertz CT molecular complexity index is 891. The van der Waals surface area contributed by atoms with Crippen LogP contribution in [0.5, 0.6) is 0 Å². The average Bonchev–Trinajstić information content (AvgIpc) is 2.66. The molecule has 10 heteroatoms. The first kappa shape index (κ1) is 22.5. The van der Waals surface area contributed by atoms with Crippen LogP contribution in [0.4, 0.5) is 4.79 Å². The quantitative estimate of drug-likeness (QED) is 0.737. The minimum absolute atomic E-state index is 0.125. The van der Waals surface area contributed by atoms with Crippen molar-refractivity contribution in [3.63, 3.8) is 0 Å². The van der Waals surface area contributed by atoms with E-state index in [1.807, 2.05) is 26.8 Å². The van der Waals surface area contributed by atoms with Crippen LogP contribution >= 0.6 is 0 Å². The number of hydrogen-bond acceptors (Lipinski definition) is 7. The summed E-state index contributed by atoms with van der Waals surface area (Å²) in [6.45, 7) is 8.48. The molecule has 0 aliphatic carbocycles. The standard InChI is InChI=1S/C20H28N4O5S/c1-20(2,3)29-19(25)24-13-16-11-23(12-17(14-24)28-16)9-8-22-30(26,27)18-6-4-15(10-21)5-7-18/h4-7,16-17,22H,8-9,11-14H2,1-3H3. The van der Waals surface area contributed by atoms with Gasteiger partial charge in [-0.1, -0.05) is 0 Å². The Morgan fingerprint density at radius 3 is 2.33 bits per heavy atom. The molecular formula is C20H28N4O5S. The van der Waals surface area contributed by atoms with Crippen LogP contribution in [-0.4, -0.2) is 81.4 Å². The number of nitrogens with zero attached hydrogens (tertiary/aromatic N) is 3. The van der Waals surface area contributed by atoms with Crippen LogP contribution in [0.2, 0.25) is 0 Å². The highest BCUT2D eigenvalue weighted by molar-refractivity contribution is 7.89. The van der Waals surface area contributed by atoms with Gasteiger partial charge in [-0.3, -0.25) is 4.90 Å². The minimum Gasteiger partial charge on any atom is -0.444 e. The molecule has 2 saturated heterocycles. The van der Waals surface area contributed by atoms with E-state index < -0.39 is 15.6 Å². The molecule has 2 aliphatic rings. The molecule has 0 radical (unpaired) electrons. The lowest BCUT2D eigenvalue weighted by atomic mass is 10.1. The molecule has 0 aromatic heterocycles. The van der Waals surface area contributed by atoms with Gasteiger partial charge in [-0.05, 0) is 45.0 Å². The summed E-state index contributed by atoms with van der Waals surface area (Å²) >= 11 is 0. The van der Waals surface area contributed by atoms with Crippen molar-refractivity contribution < 1.29 is 22.7 Å². The largest absolute Gasteiger partial charge is 0.444 e. The highest BCUT2D eigenvalue weighted by Crippen LogP contribution is 2.21. The monoisotopic (exact) mass is 436 g/mol. The average molecular weight is 437 g/mol. The molecular weight excluding hydrogens is 408 g/mol. The molecule has 0 spiro atoms. The van der Waals surface area contributed by atoms with E-state index >= 15 is 0 Å². The van der Waals surface area contributed by atoms with E-state index in [0.29, 0.717) is 38.3 Å². The highest BCUT2D eigenvalue weighted by Gasteiger charge is 2.38. The zero-order valence-electron chi connectivity index (χ0n) is 17.5. The van der Waals surface area contributed by atoms with E-state index in [1.165, 1.54) is 24.3 Å². The van der Waals surface area contributed by atoms with Crippen LogP contribution in [0, 0.1) is 11.3 Å². The Labute approximate surface area is 177 Å². The van der Waals surface area contributed by atoms with Crippen molar-refractivity contribution >= 4 is 16.1 Å². The third-order valence-corrected chi connectivity index (χ3v) is 6.30. The number of benzene rings is 1. The lowest BCUT2D eigenvalue weighted by molar-refractivity contribution is -0.135. The van der Waals surface area contributed by atoms with Crippen molar-refractivity contribution in [3.05, 3.63) is 29.8 Å². The van der Waals surface area contributed by atoms with Crippen molar-refractivity contribution in [2.75, 3.05) is 39.3 Å². The number of ether oxygens (including phenoxy) is 2. The Kier molecular flexibility index (Phi) is 6.67. The van der Waals surface area contributed by atoms with Gasteiger partial charge in [-0.2, -0.15) is 5.26 Å². The van der Waals surface area contributed by atoms with Gasteiger partial charge >= 0.3 is 6.09 Å². The van der Waals surface area contributed by atoms with Gasteiger partial charge in [0.1, 0.15) is 5.60 Å². The Morgan fingerprint density at radius 2 is 1.80 bits per heavy atom. The number of nitrogens with one attached hydrogen (secondary N) is 1. The third kappa shape index (κ3) is 5.92. The number of hydrogen-bond donors (Lipinski definition) is 1. The van der Waals surface area contributed by atoms with Crippen LogP contribution in [0.15, 0.2) is 29.2 Å². The number of morpholine rings is 2. The first-order valence-electron chi connectivity index (χ1n) is 9.91. The fourth-order valence-electron chi connectivity index (χ4n) is 3.56. The second-order valence-electron chi connectivity index (χ2n) is 8.56. The van der Waals surface area contributed by atoms with E-state index in [-0.39, 0.29) is 29.7 Å². The van der Waals surface area contributed by atoms with E-state index in [9.17, 15) is 13.2 Å². The van der Waals surface area contributed by atoms with Gasteiger partial charge in [0, 0.05) is 26.2 Å². The first-order chi connectivity index (χ1) is 14.1. The molecule has 164 valence electrons. The molecule has 0 saturated carbocycles. The van der Waals surface area contributed by atoms with Crippen LogP contribution in [0.1, 0.15) is 26.3 Å².